The van der Waals surface area contributed by atoms with Gasteiger partial charge in [-0.2, -0.15) is 0 Å². The summed E-state index contributed by atoms with van der Waals surface area (Å²) in [6, 6.07) is 13.0. The average Bonchev–Trinajstić information content (AvgIpc) is 2.55. The van der Waals surface area contributed by atoms with Crippen LogP contribution < -0.4 is 10.1 Å². The van der Waals surface area contributed by atoms with Crippen LogP contribution in [0.5, 0.6) is 5.75 Å². The minimum atomic E-state index is 0.235. The van der Waals surface area contributed by atoms with Crippen molar-refractivity contribution in [3.8, 4) is 5.75 Å². The molecule has 0 spiro atoms. The lowest BCUT2D eigenvalue weighted by Crippen LogP contribution is -2.28. The Kier molecular flexibility index (Phi) is 4.20. The van der Waals surface area contributed by atoms with Crippen molar-refractivity contribution >= 4 is 0 Å². The molecule has 1 aromatic carbocycles. The summed E-state index contributed by atoms with van der Waals surface area (Å²) in [7, 11) is 1.73. The van der Waals surface area contributed by atoms with Gasteiger partial charge in [0.25, 0.3) is 0 Å². The summed E-state index contributed by atoms with van der Waals surface area (Å²) >= 11 is 0. The van der Waals surface area contributed by atoms with Gasteiger partial charge in [0.2, 0.25) is 0 Å². The fourth-order valence-electron chi connectivity index (χ4n) is 3.19. The second kappa shape index (κ2) is 6.27. The summed E-state index contributed by atoms with van der Waals surface area (Å²) in [5.41, 5.74) is 3.79. The Bertz CT molecular complexity index is 612. The Labute approximate surface area is 126 Å². The molecular weight excluding hydrogens is 260 g/mol. The van der Waals surface area contributed by atoms with Gasteiger partial charge < -0.3 is 10.1 Å². The fraction of sp³-hybridized carbons (Fsp3) is 0.389. The number of hydrogen-bond donors (Lipinski definition) is 1. The minimum Gasteiger partial charge on any atom is -0.496 e. The zero-order valence-electron chi connectivity index (χ0n) is 12.7. The van der Waals surface area contributed by atoms with Gasteiger partial charge in [-0.05, 0) is 43.9 Å². The second-order valence-corrected chi connectivity index (χ2v) is 5.62. The van der Waals surface area contributed by atoms with Gasteiger partial charge >= 0.3 is 0 Å². The molecule has 110 valence electrons. The molecule has 0 fully saturated rings. The van der Waals surface area contributed by atoms with Crippen molar-refractivity contribution in [2.75, 3.05) is 7.11 Å². The third-order valence-electron chi connectivity index (χ3n) is 4.25. The predicted molar refractivity (Wildman–Crippen MR) is 84.5 cm³/mol. The highest BCUT2D eigenvalue weighted by Crippen LogP contribution is 2.32. The maximum absolute atomic E-state index is 5.47. The number of benzene rings is 1. The number of methoxy groups -OCH3 is 1. The summed E-state index contributed by atoms with van der Waals surface area (Å²) in [5, 5.41) is 3.72. The monoisotopic (exact) mass is 282 g/mol. The topological polar surface area (TPSA) is 34.1 Å². The quantitative estimate of drug-likeness (QED) is 0.925. The number of hydrogen-bond acceptors (Lipinski definition) is 3. The highest BCUT2D eigenvalue weighted by atomic mass is 16.5. The maximum Gasteiger partial charge on any atom is 0.123 e. The number of aryl methyl sites for hydroxylation is 1. The van der Waals surface area contributed by atoms with Crippen molar-refractivity contribution in [3.63, 3.8) is 0 Å². The summed E-state index contributed by atoms with van der Waals surface area (Å²) in [4.78, 5) is 4.60. The van der Waals surface area contributed by atoms with Crippen molar-refractivity contribution < 1.29 is 4.74 Å². The first-order valence-electron chi connectivity index (χ1n) is 7.62. The van der Waals surface area contributed by atoms with Gasteiger partial charge in [-0.3, -0.25) is 4.98 Å². The highest BCUT2D eigenvalue weighted by Gasteiger charge is 2.23. The molecule has 3 heteroatoms. The Hall–Kier alpha value is -1.87. The van der Waals surface area contributed by atoms with Gasteiger partial charge in [-0.1, -0.05) is 24.3 Å². The van der Waals surface area contributed by atoms with Crippen molar-refractivity contribution in [3.05, 3.63) is 59.4 Å². The molecule has 0 saturated carbocycles. The molecule has 0 bridgehead atoms. The lowest BCUT2D eigenvalue weighted by atomic mass is 9.91. The van der Waals surface area contributed by atoms with Crippen molar-refractivity contribution in [2.45, 2.75) is 38.3 Å². The Morgan fingerprint density at radius 2 is 2.10 bits per heavy atom. The molecule has 21 heavy (non-hydrogen) atoms. The van der Waals surface area contributed by atoms with Crippen LogP contribution in [0.4, 0.5) is 0 Å². The van der Waals surface area contributed by atoms with Gasteiger partial charge in [0.15, 0.2) is 0 Å². The lowest BCUT2D eigenvalue weighted by molar-refractivity contribution is 0.378. The zero-order chi connectivity index (χ0) is 14.7. The fourth-order valence-corrected chi connectivity index (χ4v) is 3.19. The molecule has 0 aliphatic heterocycles. The minimum absolute atomic E-state index is 0.235. The van der Waals surface area contributed by atoms with E-state index in [9.17, 15) is 0 Å². The molecule has 0 saturated heterocycles. The van der Waals surface area contributed by atoms with Crippen LogP contribution in [0, 0.1) is 0 Å². The third-order valence-corrected chi connectivity index (χ3v) is 4.25. The van der Waals surface area contributed by atoms with Crippen LogP contribution in [-0.2, 0) is 6.42 Å². The van der Waals surface area contributed by atoms with Crippen molar-refractivity contribution in [1.29, 1.82) is 0 Å². The van der Waals surface area contributed by atoms with Crippen LogP contribution in [0.15, 0.2) is 42.6 Å². The van der Waals surface area contributed by atoms with Crippen LogP contribution in [0.25, 0.3) is 0 Å². The number of para-hydroxylation sites is 1. The van der Waals surface area contributed by atoms with E-state index in [0.717, 1.165) is 18.6 Å². The first kappa shape index (κ1) is 14.1. The van der Waals surface area contributed by atoms with Gasteiger partial charge in [-0.25, -0.2) is 0 Å². The molecule has 1 N–H and O–H groups in total. The number of pyridine rings is 1. The summed E-state index contributed by atoms with van der Waals surface area (Å²) in [6.07, 6.45) is 5.40. The van der Waals surface area contributed by atoms with E-state index >= 15 is 0 Å². The van der Waals surface area contributed by atoms with Gasteiger partial charge in [0.05, 0.1) is 18.8 Å². The first-order valence-corrected chi connectivity index (χ1v) is 7.62. The molecule has 1 aromatic heterocycles. The Morgan fingerprint density at radius 1 is 1.24 bits per heavy atom. The van der Waals surface area contributed by atoms with E-state index in [-0.39, 0.29) is 6.04 Å². The first-order chi connectivity index (χ1) is 10.3. The van der Waals surface area contributed by atoms with Crippen molar-refractivity contribution in [2.24, 2.45) is 0 Å². The van der Waals surface area contributed by atoms with E-state index in [0.29, 0.717) is 6.04 Å². The van der Waals surface area contributed by atoms with E-state index in [2.05, 4.69) is 35.4 Å². The number of nitrogens with zero attached hydrogens (tertiary/aromatic N) is 1. The number of aromatic nitrogens is 1. The zero-order valence-corrected chi connectivity index (χ0v) is 12.7. The number of fused-ring (bicyclic) bond motifs is 1. The molecule has 2 atom stereocenters. The predicted octanol–water partition coefficient (Wildman–Crippen LogP) is 3.82. The smallest absolute Gasteiger partial charge is 0.123 e. The number of ether oxygens (including phenoxy) is 1. The Balaban J connectivity index is 1.81. The lowest BCUT2D eigenvalue weighted by Gasteiger charge is -2.28. The largest absolute Gasteiger partial charge is 0.496 e. The van der Waals surface area contributed by atoms with E-state index in [1.165, 1.54) is 23.2 Å². The third kappa shape index (κ3) is 2.93. The van der Waals surface area contributed by atoms with Crippen LogP contribution in [-0.4, -0.2) is 12.1 Å². The highest BCUT2D eigenvalue weighted by molar-refractivity contribution is 5.36. The van der Waals surface area contributed by atoms with E-state index in [1.54, 1.807) is 7.11 Å². The van der Waals surface area contributed by atoms with Gasteiger partial charge in [0.1, 0.15) is 5.75 Å². The average molecular weight is 282 g/mol. The van der Waals surface area contributed by atoms with Crippen LogP contribution in [0.1, 0.15) is 48.7 Å². The number of nitrogens with one attached hydrogen (secondary N) is 1. The molecular formula is C18H22N2O. The van der Waals surface area contributed by atoms with Crippen LogP contribution in [0.2, 0.25) is 0 Å². The Morgan fingerprint density at radius 3 is 2.95 bits per heavy atom. The van der Waals surface area contributed by atoms with Crippen molar-refractivity contribution in [1.82, 2.24) is 10.3 Å². The van der Waals surface area contributed by atoms with Gasteiger partial charge in [0, 0.05) is 17.8 Å². The van der Waals surface area contributed by atoms with E-state index in [4.69, 9.17) is 4.74 Å². The van der Waals surface area contributed by atoms with Crippen LogP contribution >= 0.6 is 0 Å². The normalized spacial score (nSPS) is 18.9. The molecule has 2 aromatic rings. The second-order valence-electron chi connectivity index (χ2n) is 5.62. The van der Waals surface area contributed by atoms with E-state index in [1.807, 2.05) is 24.4 Å². The summed E-state index contributed by atoms with van der Waals surface area (Å²) in [6.45, 7) is 2.19. The molecule has 1 aliphatic carbocycles. The van der Waals surface area contributed by atoms with Crippen LogP contribution in [0.3, 0.4) is 0 Å². The van der Waals surface area contributed by atoms with Gasteiger partial charge in [-0.15, -0.1) is 0 Å². The molecule has 0 radical (unpaired) electrons. The molecule has 1 aliphatic rings. The summed E-state index contributed by atoms with van der Waals surface area (Å²) in [5.74, 6) is 0.939. The molecule has 3 rings (SSSR count). The molecule has 2 unspecified atom stereocenters. The summed E-state index contributed by atoms with van der Waals surface area (Å²) < 4.78 is 5.47. The molecule has 0 amide bonds. The maximum atomic E-state index is 5.47. The molecule has 3 nitrogen and oxygen atoms in total. The van der Waals surface area contributed by atoms with E-state index < -0.39 is 0 Å². The number of rotatable bonds is 4. The standard InChI is InChI=1S/C18H22N2O/c1-13(15-9-3-4-11-17(15)21-2)20-16-10-5-7-14-8-6-12-19-18(14)16/h3-4,6,8-9,11-13,16,20H,5,7,10H2,1-2H3. The SMILES string of the molecule is COc1ccccc1C(C)NC1CCCc2cccnc21. The molecule has 1 heterocycles.